The van der Waals surface area contributed by atoms with Crippen molar-refractivity contribution in [2.45, 2.75) is 6.92 Å². The minimum absolute atomic E-state index is 0.201. The van der Waals surface area contributed by atoms with Crippen molar-refractivity contribution in [2.24, 2.45) is 5.92 Å². The molecular formula is C14H10FNO2. The van der Waals surface area contributed by atoms with Gasteiger partial charge in [0.15, 0.2) is 5.78 Å². The molecule has 1 aliphatic heterocycles. The molecule has 1 heterocycles. The average Bonchev–Trinajstić information content (AvgIpc) is 2.39. The Hall–Kier alpha value is -2.23. The van der Waals surface area contributed by atoms with E-state index in [4.69, 9.17) is 0 Å². The highest BCUT2D eigenvalue weighted by atomic mass is 19.1. The Balaban J connectivity index is 2.22. The Morgan fingerprint density at radius 3 is 2.39 bits per heavy atom. The lowest BCUT2D eigenvalue weighted by molar-refractivity contribution is 0.0960. The number of dihydropyridines is 1. The van der Waals surface area contributed by atoms with Crippen LogP contribution in [-0.4, -0.2) is 11.6 Å². The summed E-state index contributed by atoms with van der Waals surface area (Å²) in [6, 6.07) is 6.61. The van der Waals surface area contributed by atoms with Crippen LogP contribution in [-0.2, 0) is 0 Å². The second-order valence-corrected chi connectivity index (χ2v) is 4.39. The maximum absolute atomic E-state index is 13.5. The van der Waals surface area contributed by atoms with E-state index in [1.54, 1.807) is 31.2 Å². The van der Waals surface area contributed by atoms with Gasteiger partial charge in [-0.05, 0) is 0 Å². The monoisotopic (exact) mass is 243 g/mol. The predicted octanol–water partition coefficient (Wildman–Crippen LogP) is 2.37. The molecule has 1 aliphatic carbocycles. The summed E-state index contributed by atoms with van der Waals surface area (Å²) in [5.74, 6) is -1.64. The van der Waals surface area contributed by atoms with Gasteiger partial charge in [-0.25, -0.2) is 4.39 Å². The Morgan fingerprint density at radius 2 is 1.72 bits per heavy atom. The molecule has 0 bridgehead atoms. The van der Waals surface area contributed by atoms with Crippen molar-refractivity contribution in [3.63, 3.8) is 0 Å². The summed E-state index contributed by atoms with van der Waals surface area (Å²) < 4.78 is 13.5. The SMILES string of the molecule is CC1C(F)=CNC2=C1C(=O)c1ccccc1C2=O. The molecule has 1 unspecified atom stereocenters. The number of ketones is 2. The molecule has 1 atom stereocenters. The summed E-state index contributed by atoms with van der Waals surface area (Å²) in [4.78, 5) is 24.5. The number of halogens is 1. The van der Waals surface area contributed by atoms with Crippen molar-refractivity contribution in [1.29, 1.82) is 0 Å². The predicted molar refractivity (Wildman–Crippen MR) is 63.6 cm³/mol. The number of Topliss-reactive ketones (excluding diaryl/α,β-unsaturated/α-hetero) is 2. The first-order valence-electron chi connectivity index (χ1n) is 5.66. The van der Waals surface area contributed by atoms with Gasteiger partial charge in [-0.1, -0.05) is 31.2 Å². The third-order valence-electron chi connectivity index (χ3n) is 3.36. The normalized spacial score (nSPS) is 22.1. The van der Waals surface area contributed by atoms with Crippen LogP contribution < -0.4 is 5.32 Å². The van der Waals surface area contributed by atoms with Crippen molar-refractivity contribution in [3.8, 4) is 0 Å². The first-order chi connectivity index (χ1) is 8.61. The molecule has 90 valence electrons. The van der Waals surface area contributed by atoms with Gasteiger partial charge in [0.25, 0.3) is 0 Å². The van der Waals surface area contributed by atoms with E-state index < -0.39 is 11.7 Å². The van der Waals surface area contributed by atoms with Crippen LogP contribution in [0.4, 0.5) is 4.39 Å². The molecule has 1 N–H and O–H groups in total. The third-order valence-corrected chi connectivity index (χ3v) is 3.36. The number of nitrogens with one attached hydrogen (secondary N) is 1. The number of benzene rings is 1. The highest BCUT2D eigenvalue weighted by molar-refractivity contribution is 6.27. The Morgan fingerprint density at radius 1 is 1.11 bits per heavy atom. The zero-order valence-electron chi connectivity index (χ0n) is 9.66. The third kappa shape index (κ3) is 1.29. The molecule has 0 radical (unpaired) electrons. The number of allylic oxidation sites excluding steroid dienone is 3. The number of carbonyl (C=O) groups excluding carboxylic acids is 2. The van der Waals surface area contributed by atoms with Crippen LogP contribution in [0.15, 0.2) is 47.6 Å². The van der Waals surface area contributed by atoms with Crippen molar-refractivity contribution >= 4 is 11.6 Å². The zero-order chi connectivity index (χ0) is 12.9. The van der Waals surface area contributed by atoms with Crippen LogP contribution in [0.3, 0.4) is 0 Å². The molecule has 0 aromatic heterocycles. The average molecular weight is 243 g/mol. The molecular weight excluding hydrogens is 233 g/mol. The van der Waals surface area contributed by atoms with E-state index in [0.717, 1.165) is 6.20 Å². The Kier molecular flexibility index (Phi) is 2.20. The maximum Gasteiger partial charge on any atom is 0.210 e. The smallest absolute Gasteiger partial charge is 0.210 e. The van der Waals surface area contributed by atoms with Gasteiger partial charge in [0.1, 0.15) is 5.83 Å². The van der Waals surface area contributed by atoms with Crippen molar-refractivity contribution in [2.75, 3.05) is 0 Å². The number of fused-ring (bicyclic) bond motifs is 1. The molecule has 0 saturated heterocycles. The van der Waals surface area contributed by atoms with Gasteiger partial charge in [-0.15, -0.1) is 0 Å². The Labute approximate surface area is 103 Å². The summed E-state index contributed by atoms with van der Waals surface area (Å²) >= 11 is 0. The lowest BCUT2D eigenvalue weighted by atomic mass is 9.80. The summed E-state index contributed by atoms with van der Waals surface area (Å²) in [5.41, 5.74) is 1.15. The van der Waals surface area contributed by atoms with E-state index >= 15 is 0 Å². The molecule has 18 heavy (non-hydrogen) atoms. The van der Waals surface area contributed by atoms with Crippen molar-refractivity contribution < 1.29 is 14.0 Å². The first-order valence-corrected chi connectivity index (χ1v) is 5.66. The van der Waals surface area contributed by atoms with E-state index in [1.807, 2.05) is 0 Å². The fourth-order valence-corrected chi connectivity index (χ4v) is 2.36. The summed E-state index contributed by atoms with van der Waals surface area (Å²) in [6.45, 7) is 1.58. The fraction of sp³-hybridized carbons (Fsp3) is 0.143. The van der Waals surface area contributed by atoms with E-state index in [1.165, 1.54) is 0 Å². The van der Waals surface area contributed by atoms with Crippen LogP contribution in [0.5, 0.6) is 0 Å². The van der Waals surface area contributed by atoms with Gasteiger partial charge < -0.3 is 5.32 Å². The van der Waals surface area contributed by atoms with Gasteiger partial charge >= 0.3 is 0 Å². The van der Waals surface area contributed by atoms with Gasteiger partial charge in [0.05, 0.1) is 5.70 Å². The highest BCUT2D eigenvalue weighted by Crippen LogP contribution is 2.34. The quantitative estimate of drug-likeness (QED) is 0.760. The van der Waals surface area contributed by atoms with Crippen LogP contribution in [0, 0.1) is 5.92 Å². The largest absolute Gasteiger partial charge is 0.356 e. The summed E-state index contributed by atoms with van der Waals surface area (Å²) in [7, 11) is 0. The van der Waals surface area contributed by atoms with Crippen LogP contribution >= 0.6 is 0 Å². The number of hydrogen-bond donors (Lipinski definition) is 1. The lowest BCUT2D eigenvalue weighted by Gasteiger charge is -2.27. The van der Waals surface area contributed by atoms with E-state index in [2.05, 4.69) is 5.32 Å². The topological polar surface area (TPSA) is 46.2 Å². The van der Waals surface area contributed by atoms with Crippen LogP contribution in [0.2, 0.25) is 0 Å². The first kappa shape index (κ1) is 10.9. The lowest BCUT2D eigenvalue weighted by Crippen LogP contribution is -2.33. The zero-order valence-corrected chi connectivity index (χ0v) is 9.66. The molecule has 4 heteroatoms. The minimum atomic E-state index is -0.675. The molecule has 0 saturated carbocycles. The van der Waals surface area contributed by atoms with Gasteiger partial charge in [0, 0.05) is 28.8 Å². The van der Waals surface area contributed by atoms with E-state index in [-0.39, 0.29) is 22.8 Å². The van der Waals surface area contributed by atoms with Crippen molar-refractivity contribution in [3.05, 3.63) is 58.7 Å². The molecule has 3 rings (SSSR count). The van der Waals surface area contributed by atoms with Gasteiger partial charge in [0.2, 0.25) is 5.78 Å². The molecule has 1 aromatic carbocycles. The highest BCUT2D eigenvalue weighted by Gasteiger charge is 2.37. The number of rotatable bonds is 0. The Bertz CT molecular complexity index is 643. The second kappa shape index (κ2) is 3.63. The standard InChI is InChI=1S/C14H10FNO2/c1-7-10(15)6-16-12-11(7)13(17)8-4-2-3-5-9(8)14(12)18/h2-7,16H,1H3. The van der Waals surface area contributed by atoms with Gasteiger partial charge in [-0.2, -0.15) is 0 Å². The number of carbonyl (C=O) groups is 2. The molecule has 3 nitrogen and oxygen atoms in total. The molecule has 0 amide bonds. The molecule has 2 aliphatic rings. The molecule has 0 fully saturated rings. The molecule has 0 spiro atoms. The fourth-order valence-electron chi connectivity index (χ4n) is 2.36. The van der Waals surface area contributed by atoms with Crippen LogP contribution in [0.1, 0.15) is 27.6 Å². The second-order valence-electron chi connectivity index (χ2n) is 4.39. The van der Waals surface area contributed by atoms with Crippen LogP contribution in [0.25, 0.3) is 0 Å². The maximum atomic E-state index is 13.5. The summed E-state index contributed by atoms with van der Waals surface area (Å²) in [5, 5.41) is 2.59. The van der Waals surface area contributed by atoms with E-state index in [0.29, 0.717) is 11.1 Å². The van der Waals surface area contributed by atoms with Gasteiger partial charge in [-0.3, -0.25) is 9.59 Å². The minimum Gasteiger partial charge on any atom is -0.356 e. The molecule has 1 aromatic rings. The van der Waals surface area contributed by atoms with Crippen molar-refractivity contribution in [1.82, 2.24) is 5.32 Å². The summed E-state index contributed by atoms with van der Waals surface area (Å²) in [6.07, 6.45) is 1.14. The number of hydrogen-bond acceptors (Lipinski definition) is 3. The van der Waals surface area contributed by atoms with E-state index in [9.17, 15) is 14.0 Å².